The summed E-state index contributed by atoms with van der Waals surface area (Å²) in [5, 5.41) is 18.6. The number of aliphatic carboxylic acids is 1. The Kier molecular flexibility index (Phi) is 4.82. The maximum atomic E-state index is 12.3. The normalized spacial score (nSPS) is 28.5. The molecule has 7 heteroatoms. The Labute approximate surface area is 118 Å². The van der Waals surface area contributed by atoms with Crippen molar-refractivity contribution in [3.63, 3.8) is 0 Å². The summed E-state index contributed by atoms with van der Waals surface area (Å²) in [6.45, 7) is 5.39. The van der Waals surface area contributed by atoms with Gasteiger partial charge in [-0.2, -0.15) is 0 Å². The molecule has 2 aliphatic rings. The molecule has 114 valence electrons. The largest absolute Gasteiger partial charge is 0.480 e. The summed E-state index contributed by atoms with van der Waals surface area (Å²) >= 11 is 0. The van der Waals surface area contributed by atoms with Crippen molar-refractivity contribution in [2.75, 3.05) is 45.8 Å². The van der Waals surface area contributed by atoms with Gasteiger partial charge in [0.15, 0.2) is 0 Å². The SMILES string of the molecule is CC1CCN(C(=O)N2CCN(CC(=O)O)CC2)CC1O. The zero-order chi connectivity index (χ0) is 14.7. The summed E-state index contributed by atoms with van der Waals surface area (Å²) in [5.41, 5.74) is 0. The van der Waals surface area contributed by atoms with E-state index in [4.69, 9.17) is 5.11 Å². The first-order chi connectivity index (χ1) is 9.47. The fraction of sp³-hybridized carbons (Fsp3) is 0.846. The second-order valence-corrected chi connectivity index (χ2v) is 5.72. The molecule has 0 aromatic rings. The number of amides is 2. The summed E-state index contributed by atoms with van der Waals surface area (Å²) in [7, 11) is 0. The van der Waals surface area contributed by atoms with Gasteiger partial charge in [0.2, 0.25) is 0 Å². The second kappa shape index (κ2) is 6.41. The zero-order valence-corrected chi connectivity index (χ0v) is 11.9. The fourth-order valence-corrected chi connectivity index (χ4v) is 2.71. The highest BCUT2D eigenvalue weighted by atomic mass is 16.4. The lowest BCUT2D eigenvalue weighted by Crippen LogP contribution is -2.56. The zero-order valence-electron chi connectivity index (χ0n) is 11.9. The van der Waals surface area contributed by atoms with Crippen LogP contribution in [0.3, 0.4) is 0 Å². The number of aliphatic hydroxyl groups is 1. The van der Waals surface area contributed by atoms with Gasteiger partial charge in [-0.25, -0.2) is 4.79 Å². The van der Waals surface area contributed by atoms with Gasteiger partial charge in [-0.3, -0.25) is 9.69 Å². The number of likely N-dealkylation sites (tertiary alicyclic amines) is 1. The van der Waals surface area contributed by atoms with Crippen LogP contribution in [0.2, 0.25) is 0 Å². The molecule has 2 saturated heterocycles. The monoisotopic (exact) mass is 285 g/mol. The lowest BCUT2D eigenvalue weighted by molar-refractivity contribution is -0.138. The maximum absolute atomic E-state index is 12.3. The number of piperazine rings is 1. The van der Waals surface area contributed by atoms with Crippen molar-refractivity contribution in [1.82, 2.24) is 14.7 Å². The van der Waals surface area contributed by atoms with Crippen molar-refractivity contribution >= 4 is 12.0 Å². The van der Waals surface area contributed by atoms with Crippen LogP contribution in [0.4, 0.5) is 4.79 Å². The van der Waals surface area contributed by atoms with E-state index >= 15 is 0 Å². The number of carboxylic acids is 1. The molecule has 2 aliphatic heterocycles. The number of hydrogen-bond donors (Lipinski definition) is 2. The van der Waals surface area contributed by atoms with Crippen LogP contribution in [0, 0.1) is 5.92 Å². The van der Waals surface area contributed by atoms with E-state index in [0.29, 0.717) is 39.3 Å². The van der Waals surface area contributed by atoms with Crippen LogP contribution in [0.5, 0.6) is 0 Å². The standard InChI is InChI=1S/C13H23N3O4/c1-10-2-3-16(8-11(10)17)13(20)15-6-4-14(5-7-15)9-12(18)19/h10-11,17H,2-9H2,1H3,(H,18,19). The lowest BCUT2D eigenvalue weighted by Gasteiger charge is -2.40. The number of urea groups is 1. The molecule has 0 aliphatic carbocycles. The van der Waals surface area contributed by atoms with Crippen molar-refractivity contribution < 1.29 is 19.8 Å². The van der Waals surface area contributed by atoms with Gasteiger partial charge in [-0.1, -0.05) is 6.92 Å². The van der Waals surface area contributed by atoms with Gasteiger partial charge >= 0.3 is 12.0 Å². The molecular weight excluding hydrogens is 262 g/mol. The summed E-state index contributed by atoms with van der Waals surface area (Å²) in [6, 6.07) is -0.0362. The molecule has 0 aromatic heterocycles. The Bertz CT molecular complexity index is 369. The molecule has 0 spiro atoms. The minimum absolute atomic E-state index is 0.0297. The Hall–Kier alpha value is -1.34. The molecule has 0 aromatic carbocycles. The average molecular weight is 285 g/mol. The molecular formula is C13H23N3O4. The van der Waals surface area contributed by atoms with Crippen LogP contribution in [0.25, 0.3) is 0 Å². The summed E-state index contributed by atoms with van der Waals surface area (Å²) in [6.07, 6.45) is 0.382. The van der Waals surface area contributed by atoms with E-state index in [9.17, 15) is 14.7 Å². The predicted molar refractivity (Wildman–Crippen MR) is 72.4 cm³/mol. The first kappa shape index (κ1) is 15.1. The highest BCUT2D eigenvalue weighted by Gasteiger charge is 2.31. The highest BCUT2D eigenvalue weighted by molar-refractivity contribution is 5.75. The van der Waals surface area contributed by atoms with Gasteiger partial charge in [0.05, 0.1) is 12.6 Å². The Morgan fingerprint density at radius 2 is 1.75 bits per heavy atom. The summed E-state index contributed by atoms with van der Waals surface area (Å²) < 4.78 is 0. The topological polar surface area (TPSA) is 84.3 Å². The van der Waals surface area contributed by atoms with E-state index in [1.807, 2.05) is 11.8 Å². The number of aliphatic hydroxyl groups excluding tert-OH is 1. The quantitative estimate of drug-likeness (QED) is 0.715. The van der Waals surface area contributed by atoms with E-state index < -0.39 is 12.1 Å². The van der Waals surface area contributed by atoms with E-state index in [-0.39, 0.29) is 18.5 Å². The van der Waals surface area contributed by atoms with Crippen LogP contribution in [0.15, 0.2) is 0 Å². The van der Waals surface area contributed by atoms with Crippen molar-refractivity contribution in [2.45, 2.75) is 19.4 Å². The average Bonchev–Trinajstić information content (AvgIpc) is 2.41. The third-order valence-electron chi connectivity index (χ3n) is 4.19. The number of carboxylic acid groups (broad SMARTS) is 1. The number of hydrogen-bond acceptors (Lipinski definition) is 4. The molecule has 2 N–H and O–H groups in total. The third kappa shape index (κ3) is 3.61. The van der Waals surface area contributed by atoms with E-state index in [0.717, 1.165) is 6.42 Å². The predicted octanol–water partition coefficient (Wildman–Crippen LogP) is -0.489. The van der Waals surface area contributed by atoms with Crippen molar-refractivity contribution in [3.8, 4) is 0 Å². The van der Waals surface area contributed by atoms with Gasteiger partial charge in [-0.05, 0) is 12.3 Å². The van der Waals surface area contributed by atoms with Crippen LogP contribution in [0.1, 0.15) is 13.3 Å². The number of carbonyl (C=O) groups is 2. The van der Waals surface area contributed by atoms with Crippen LogP contribution < -0.4 is 0 Å². The minimum atomic E-state index is -0.835. The summed E-state index contributed by atoms with van der Waals surface area (Å²) in [5.74, 6) is -0.593. The van der Waals surface area contributed by atoms with E-state index in [1.54, 1.807) is 9.80 Å². The number of β-amino-alcohol motifs (C(OH)–C–C–N with tert-alkyl or cyclic N) is 1. The lowest BCUT2D eigenvalue weighted by atomic mass is 9.96. The van der Waals surface area contributed by atoms with E-state index in [2.05, 4.69) is 0 Å². The Morgan fingerprint density at radius 3 is 2.30 bits per heavy atom. The van der Waals surface area contributed by atoms with Crippen LogP contribution >= 0.6 is 0 Å². The number of nitrogens with zero attached hydrogens (tertiary/aromatic N) is 3. The van der Waals surface area contributed by atoms with Crippen molar-refractivity contribution in [2.24, 2.45) is 5.92 Å². The minimum Gasteiger partial charge on any atom is -0.480 e. The number of carbonyl (C=O) groups excluding carboxylic acids is 1. The molecule has 7 nitrogen and oxygen atoms in total. The van der Waals surface area contributed by atoms with Crippen molar-refractivity contribution in [1.29, 1.82) is 0 Å². The number of rotatable bonds is 2. The van der Waals surface area contributed by atoms with Crippen LogP contribution in [-0.4, -0.2) is 88.8 Å². The van der Waals surface area contributed by atoms with Gasteiger partial charge in [0.25, 0.3) is 0 Å². The number of piperidine rings is 1. The Balaban J connectivity index is 1.81. The van der Waals surface area contributed by atoms with Gasteiger partial charge in [-0.15, -0.1) is 0 Å². The Morgan fingerprint density at radius 1 is 1.10 bits per heavy atom. The highest BCUT2D eigenvalue weighted by Crippen LogP contribution is 2.18. The van der Waals surface area contributed by atoms with Gasteiger partial charge < -0.3 is 20.0 Å². The molecule has 2 fully saturated rings. The first-order valence-corrected chi connectivity index (χ1v) is 7.13. The maximum Gasteiger partial charge on any atom is 0.320 e. The molecule has 2 atom stereocenters. The molecule has 0 bridgehead atoms. The molecule has 2 amide bonds. The fourth-order valence-electron chi connectivity index (χ4n) is 2.71. The van der Waals surface area contributed by atoms with Crippen molar-refractivity contribution in [3.05, 3.63) is 0 Å². The molecule has 0 saturated carbocycles. The first-order valence-electron chi connectivity index (χ1n) is 7.13. The molecule has 2 heterocycles. The third-order valence-corrected chi connectivity index (χ3v) is 4.19. The van der Waals surface area contributed by atoms with Gasteiger partial charge in [0, 0.05) is 39.3 Å². The smallest absolute Gasteiger partial charge is 0.320 e. The molecule has 0 radical (unpaired) electrons. The van der Waals surface area contributed by atoms with E-state index in [1.165, 1.54) is 0 Å². The van der Waals surface area contributed by atoms with Crippen LogP contribution in [-0.2, 0) is 4.79 Å². The molecule has 2 rings (SSSR count). The molecule has 20 heavy (non-hydrogen) atoms. The molecule has 2 unspecified atom stereocenters. The van der Waals surface area contributed by atoms with Gasteiger partial charge in [0.1, 0.15) is 0 Å². The second-order valence-electron chi connectivity index (χ2n) is 5.72. The summed E-state index contributed by atoms with van der Waals surface area (Å²) in [4.78, 5) is 28.3.